The Kier molecular flexibility index (Phi) is 7.74. The molecule has 0 saturated carbocycles. The summed E-state index contributed by atoms with van der Waals surface area (Å²) in [5, 5.41) is 2.99. The van der Waals surface area contributed by atoms with E-state index in [9.17, 15) is 13.2 Å². The highest BCUT2D eigenvalue weighted by Crippen LogP contribution is 2.15. The van der Waals surface area contributed by atoms with Crippen molar-refractivity contribution in [2.24, 2.45) is 0 Å². The van der Waals surface area contributed by atoms with Crippen molar-refractivity contribution in [3.05, 3.63) is 65.7 Å². The molecule has 1 atom stereocenters. The van der Waals surface area contributed by atoms with Crippen LogP contribution in [0.3, 0.4) is 0 Å². The number of amides is 1. The van der Waals surface area contributed by atoms with Gasteiger partial charge < -0.3 is 10.2 Å². The number of sulfonamides is 1. The molecule has 2 N–H and O–H groups in total. The highest BCUT2D eigenvalue weighted by molar-refractivity contribution is 7.89. The van der Waals surface area contributed by atoms with Gasteiger partial charge in [0.05, 0.1) is 24.5 Å². The van der Waals surface area contributed by atoms with Gasteiger partial charge in [-0.25, -0.2) is 12.7 Å². The first-order valence-electron chi connectivity index (χ1n) is 9.51. The summed E-state index contributed by atoms with van der Waals surface area (Å²) < 4.78 is 25.8. The maximum atomic E-state index is 12.7. The van der Waals surface area contributed by atoms with Crippen LogP contribution in [0.2, 0.25) is 0 Å². The smallest absolute Gasteiger partial charge is 0.251 e. The van der Waals surface area contributed by atoms with Gasteiger partial charge in [-0.15, -0.1) is 0 Å². The number of rotatable bonds is 9. The Hall–Kier alpha value is -2.22. The summed E-state index contributed by atoms with van der Waals surface area (Å²) in [5.41, 5.74) is 1.51. The van der Waals surface area contributed by atoms with Crippen LogP contribution in [0.5, 0.6) is 0 Å². The number of carbonyl (C=O) groups excluding carboxylic acids is 1. The van der Waals surface area contributed by atoms with E-state index >= 15 is 0 Å². The van der Waals surface area contributed by atoms with Crippen LogP contribution in [0.15, 0.2) is 59.5 Å². The van der Waals surface area contributed by atoms with Crippen molar-refractivity contribution in [1.82, 2.24) is 9.62 Å². The first-order chi connectivity index (χ1) is 13.3. The fraction of sp³-hybridized carbons (Fsp3) is 0.381. The number of likely N-dealkylation sites (N-methyl/N-ethyl adjacent to an activating group) is 1. The van der Waals surface area contributed by atoms with Gasteiger partial charge in [0.1, 0.15) is 6.04 Å². The summed E-state index contributed by atoms with van der Waals surface area (Å²) in [7, 11) is -0.636. The summed E-state index contributed by atoms with van der Waals surface area (Å²) in [5.74, 6) is -0.275. The van der Waals surface area contributed by atoms with Crippen molar-refractivity contribution >= 4 is 15.9 Å². The van der Waals surface area contributed by atoms with Crippen LogP contribution in [0.1, 0.15) is 35.8 Å². The van der Waals surface area contributed by atoms with E-state index in [-0.39, 0.29) is 16.8 Å². The predicted octanol–water partition coefficient (Wildman–Crippen LogP) is 1.33. The lowest BCUT2D eigenvalue weighted by atomic mass is 10.0. The zero-order valence-electron chi connectivity index (χ0n) is 17.0. The highest BCUT2D eigenvalue weighted by Gasteiger charge is 2.23. The second kappa shape index (κ2) is 9.82. The number of quaternary nitrogens is 1. The number of hydrogen-bond donors (Lipinski definition) is 2. The number of nitrogens with zero attached hydrogens (tertiary/aromatic N) is 1. The Morgan fingerprint density at radius 3 is 2.25 bits per heavy atom. The minimum Gasteiger partial charge on any atom is -0.346 e. The van der Waals surface area contributed by atoms with Crippen LogP contribution in [0, 0.1) is 0 Å². The summed E-state index contributed by atoms with van der Waals surface area (Å²) >= 11 is 0. The Morgan fingerprint density at radius 2 is 1.68 bits per heavy atom. The molecule has 0 bridgehead atoms. The Balaban J connectivity index is 2.19. The zero-order chi connectivity index (χ0) is 20.7. The minimum absolute atomic E-state index is 0.110. The summed E-state index contributed by atoms with van der Waals surface area (Å²) in [4.78, 5) is 14.2. The van der Waals surface area contributed by atoms with Crippen LogP contribution < -0.4 is 10.2 Å². The summed E-state index contributed by atoms with van der Waals surface area (Å²) in [6.45, 7) is 6.63. The molecule has 2 aromatic rings. The molecule has 6 nitrogen and oxygen atoms in total. The van der Waals surface area contributed by atoms with Gasteiger partial charge in [0.25, 0.3) is 5.91 Å². The molecule has 152 valence electrons. The van der Waals surface area contributed by atoms with Crippen LogP contribution in [-0.4, -0.2) is 52.4 Å². The quantitative estimate of drug-likeness (QED) is 0.663. The van der Waals surface area contributed by atoms with Gasteiger partial charge in [0.2, 0.25) is 10.0 Å². The molecule has 0 fully saturated rings. The summed E-state index contributed by atoms with van der Waals surface area (Å²) in [6, 6.07) is 16.4. The second-order valence-corrected chi connectivity index (χ2v) is 9.01. The molecule has 0 aliphatic heterocycles. The second-order valence-electron chi connectivity index (χ2n) is 6.85. The number of nitrogens with one attached hydrogen (secondary N) is 2. The predicted molar refractivity (Wildman–Crippen MR) is 111 cm³/mol. The lowest BCUT2D eigenvalue weighted by molar-refractivity contribution is -0.927. The third-order valence-electron chi connectivity index (χ3n) is 4.94. The third kappa shape index (κ3) is 5.19. The molecule has 0 aliphatic carbocycles. The van der Waals surface area contributed by atoms with Crippen molar-refractivity contribution < 1.29 is 18.1 Å². The standard InChI is InChI=1S/C21H29N3O3S/c1-5-24(6-2)20(17-11-8-7-9-12-17)16-22-21(25)18-13-10-14-19(15-18)28(26,27)23(3)4/h7-15,20H,5-6,16H2,1-4H3,(H,22,25)/p+1/t20-/m0/s1. The molecule has 1 amide bonds. The molecule has 0 heterocycles. The first kappa shape index (κ1) is 22.1. The Labute approximate surface area is 168 Å². The van der Waals surface area contributed by atoms with E-state index < -0.39 is 10.0 Å². The van der Waals surface area contributed by atoms with E-state index in [0.29, 0.717) is 12.1 Å². The SMILES string of the molecule is CC[NH+](CC)[C@@H](CNC(=O)c1cccc(S(=O)(=O)N(C)C)c1)c1ccccc1. The van der Waals surface area contributed by atoms with Crippen molar-refractivity contribution in [2.45, 2.75) is 24.8 Å². The lowest BCUT2D eigenvalue weighted by Gasteiger charge is -2.27. The molecule has 2 rings (SSSR count). The molecule has 0 saturated heterocycles. The van der Waals surface area contributed by atoms with Gasteiger partial charge in [0, 0.05) is 25.2 Å². The van der Waals surface area contributed by atoms with Crippen molar-refractivity contribution in [1.29, 1.82) is 0 Å². The van der Waals surface area contributed by atoms with Crippen LogP contribution in [0.4, 0.5) is 0 Å². The van der Waals surface area contributed by atoms with E-state index in [1.807, 2.05) is 18.2 Å². The average Bonchev–Trinajstić information content (AvgIpc) is 2.71. The normalized spacial score (nSPS) is 12.9. The minimum atomic E-state index is -3.58. The number of hydrogen-bond acceptors (Lipinski definition) is 3. The van der Waals surface area contributed by atoms with E-state index in [1.165, 1.54) is 36.7 Å². The molecule has 28 heavy (non-hydrogen) atoms. The monoisotopic (exact) mass is 404 g/mol. The maximum Gasteiger partial charge on any atom is 0.251 e. The van der Waals surface area contributed by atoms with E-state index in [0.717, 1.165) is 17.4 Å². The number of benzene rings is 2. The van der Waals surface area contributed by atoms with Gasteiger partial charge in [0.15, 0.2) is 0 Å². The highest BCUT2D eigenvalue weighted by atomic mass is 32.2. The largest absolute Gasteiger partial charge is 0.346 e. The van der Waals surface area contributed by atoms with Crippen LogP contribution in [0.25, 0.3) is 0 Å². The lowest BCUT2D eigenvalue weighted by Crippen LogP contribution is -3.12. The molecule has 7 heteroatoms. The van der Waals surface area contributed by atoms with Gasteiger partial charge in [-0.1, -0.05) is 36.4 Å². The van der Waals surface area contributed by atoms with Gasteiger partial charge in [-0.05, 0) is 32.0 Å². The summed E-state index contributed by atoms with van der Waals surface area (Å²) in [6.07, 6.45) is 0. The van der Waals surface area contributed by atoms with Gasteiger partial charge >= 0.3 is 0 Å². The fourth-order valence-electron chi connectivity index (χ4n) is 3.23. The van der Waals surface area contributed by atoms with Crippen molar-refractivity contribution in [2.75, 3.05) is 33.7 Å². The number of carbonyl (C=O) groups is 1. The third-order valence-corrected chi connectivity index (χ3v) is 6.76. The van der Waals surface area contributed by atoms with Crippen molar-refractivity contribution in [3.8, 4) is 0 Å². The average molecular weight is 405 g/mol. The molecule has 0 aromatic heterocycles. The van der Waals surface area contributed by atoms with Crippen molar-refractivity contribution in [3.63, 3.8) is 0 Å². The zero-order valence-corrected chi connectivity index (χ0v) is 17.8. The maximum absolute atomic E-state index is 12.7. The molecular formula is C21H30N3O3S+. The van der Waals surface area contributed by atoms with Crippen LogP contribution >= 0.6 is 0 Å². The molecular weight excluding hydrogens is 374 g/mol. The van der Waals surface area contributed by atoms with E-state index in [2.05, 4.69) is 31.3 Å². The fourth-order valence-corrected chi connectivity index (χ4v) is 4.18. The topological polar surface area (TPSA) is 70.9 Å². The molecule has 0 aliphatic rings. The molecule has 0 radical (unpaired) electrons. The first-order valence-corrected chi connectivity index (χ1v) is 11.0. The van der Waals surface area contributed by atoms with E-state index in [1.54, 1.807) is 12.1 Å². The molecule has 2 aromatic carbocycles. The molecule has 0 spiro atoms. The Bertz CT molecular complexity index is 879. The van der Waals surface area contributed by atoms with E-state index in [4.69, 9.17) is 0 Å². The van der Waals surface area contributed by atoms with Crippen LogP contribution in [-0.2, 0) is 10.0 Å². The Morgan fingerprint density at radius 1 is 1.04 bits per heavy atom. The van der Waals surface area contributed by atoms with Gasteiger partial charge in [-0.3, -0.25) is 4.79 Å². The molecule has 0 unspecified atom stereocenters. The van der Waals surface area contributed by atoms with Gasteiger partial charge in [-0.2, -0.15) is 0 Å².